The van der Waals surface area contributed by atoms with E-state index in [-0.39, 0.29) is 18.3 Å². The Morgan fingerprint density at radius 2 is 2.09 bits per heavy atom. The third-order valence-corrected chi connectivity index (χ3v) is 1.55. The number of amides is 2. The van der Waals surface area contributed by atoms with Gasteiger partial charge in [0, 0.05) is 13.0 Å². The molecule has 1 aliphatic heterocycles. The molecule has 1 fully saturated rings. The fourth-order valence-electron chi connectivity index (χ4n) is 1.01. The summed E-state index contributed by atoms with van der Waals surface area (Å²) in [5.41, 5.74) is 0. The molecule has 0 radical (unpaired) electrons. The Bertz CT molecular complexity index is 171. The van der Waals surface area contributed by atoms with Crippen molar-refractivity contribution < 1.29 is 14.7 Å². The topological polar surface area (TPSA) is 57.6 Å². The van der Waals surface area contributed by atoms with Gasteiger partial charge in [0.05, 0.1) is 0 Å². The molecule has 1 aliphatic rings. The predicted octanol–water partition coefficient (Wildman–Crippen LogP) is 1.10. The molecule has 0 atom stereocenters. The van der Waals surface area contributed by atoms with Crippen molar-refractivity contribution in [3.8, 4) is 0 Å². The van der Waals surface area contributed by atoms with Crippen molar-refractivity contribution in [2.75, 3.05) is 6.54 Å². The Balaban J connectivity index is 0.000001000. The SMILES string of the molecule is Cl.O=C(O)N1CCCCC1=O. The molecule has 0 aromatic rings. The van der Waals surface area contributed by atoms with Gasteiger partial charge in [-0.3, -0.25) is 4.79 Å². The quantitative estimate of drug-likeness (QED) is 0.606. The summed E-state index contributed by atoms with van der Waals surface area (Å²) in [4.78, 5) is 21.9. The molecular formula is C6H10ClNO3. The lowest BCUT2D eigenvalue weighted by atomic mass is 10.1. The van der Waals surface area contributed by atoms with Crippen LogP contribution < -0.4 is 0 Å². The zero-order valence-electron chi connectivity index (χ0n) is 5.95. The third-order valence-electron chi connectivity index (χ3n) is 1.55. The van der Waals surface area contributed by atoms with Gasteiger partial charge in [0.2, 0.25) is 5.91 Å². The number of carbonyl (C=O) groups is 2. The van der Waals surface area contributed by atoms with Crippen molar-refractivity contribution in [3.05, 3.63) is 0 Å². The van der Waals surface area contributed by atoms with E-state index in [1.54, 1.807) is 0 Å². The van der Waals surface area contributed by atoms with Crippen molar-refractivity contribution in [2.24, 2.45) is 0 Å². The molecule has 5 heteroatoms. The summed E-state index contributed by atoms with van der Waals surface area (Å²) in [6, 6.07) is 0. The zero-order chi connectivity index (χ0) is 7.56. The number of piperidine rings is 1. The van der Waals surface area contributed by atoms with E-state index in [0.717, 1.165) is 17.7 Å². The molecule has 0 aliphatic carbocycles. The molecule has 4 nitrogen and oxygen atoms in total. The second kappa shape index (κ2) is 4.18. The van der Waals surface area contributed by atoms with Gasteiger partial charge in [-0.05, 0) is 12.8 Å². The zero-order valence-corrected chi connectivity index (χ0v) is 6.76. The smallest absolute Gasteiger partial charge is 0.414 e. The molecule has 1 heterocycles. The highest BCUT2D eigenvalue weighted by Crippen LogP contribution is 2.09. The number of likely N-dealkylation sites (tertiary alicyclic amines) is 1. The summed E-state index contributed by atoms with van der Waals surface area (Å²) < 4.78 is 0. The first-order valence-electron chi connectivity index (χ1n) is 3.25. The highest BCUT2D eigenvalue weighted by Gasteiger charge is 2.22. The lowest BCUT2D eigenvalue weighted by molar-refractivity contribution is -0.130. The second-order valence-electron chi connectivity index (χ2n) is 2.29. The van der Waals surface area contributed by atoms with Crippen molar-refractivity contribution in [1.29, 1.82) is 0 Å². The maximum absolute atomic E-state index is 10.8. The Labute approximate surface area is 70.6 Å². The van der Waals surface area contributed by atoms with Crippen LogP contribution in [0.15, 0.2) is 0 Å². The van der Waals surface area contributed by atoms with Gasteiger partial charge in [-0.1, -0.05) is 0 Å². The van der Waals surface area contributed by atoms with Crippen LogP contribution in [0.3, 0.4) is 0 Å². The van der Waals surface area contributed by atoms with Crippen molar-refractivity contribution in [2.45, 2.75) is 19.3 Å². The van der Waals surface area contributed by atoms with Gasteiger partial charge in [-0.2, -0.15) is 0 Å². The van der Waals surface area contributed by atoms with E-state index in [1.165, 1.54) is 0 Å². The van der Waals surface area contributed by atoms with Gasteiger partial charge in [-0.25, -0.2) is 9.69 Å². The van der Waals surface area contributed by atoms with Crippen LogP contribution in [0.5, 0.6) is 0 Å². The fraction of sp³-hybridized carbons (Fsp3) is 0.667. The summed E-state index contributed by atoms with van der Waals surface area (Å²) in [6.45, 7) is 0.369. The Hall–Kier alpha value is -0.770. The molecule has 1 saturated heterocycles. The summed E-state index contributed by atoms with van der Waals surface area (Å²) in [7, 11) is 0. The Kier molecular flexibility index (Phi) is 3.89. The molecule has 0 saturated carbocycles. The minimum Gasteiger partial charge on any atom is -0.465 e. The van der Waals surface area contributed by atoms with Gasteiger partial charge in [-0.15, -0.1) is 12.4 Å². The summed E-state index contributed by atoms with van der Waals surface area (Å²) in [6.07, 6.45) is 0.886. The fourth-order valence-corrected chi connectivity index (χ4v) is 1.01. The number of carbonyl (C=O) groups excluding carboxylic acids is 1. The van der Waals surface area contributed by atoms with Gasteiger partial charge in [0.25, 0.3) is 0 Å². The summed E-state index contributed by atoms with van der Waals surface area (Å²) in [5, 5.41) is 8.41. The van der Waals surface area contributed by atoms with Gasteiger partial charge in [0.15, 0.2) is 0 Å². The second-order valence-corrected chi connectivity index (χ2v) is 2.29. The maximum atomic E-state index is 10.8. The first-order valence-corrected chi connectivity index (χ1v) is 3.25. The van der Waals surface area contributed by atoms with Crippen LogP contribution in [0.4, 0.5) is 4.79 Å². The lowest BCUT2D eigenvalue weighted by Gasteiger charge is -2.21. The molecule has 0 unspecified atom stereocenters. The van der Waals surface area contributed by atoms with Gasteiger partial charge in [0.1, 0.15) is 0 Å². The van der Waals surface area contributed by atoms with Crippen LogP contribution in [-0.2, 0) is 4.79 Å². The molecule has 64 valence electrons. The minimum atomic E-state index is -1.12. The summed E-state index contributed by atoms with van der Waals surface area (Å²) >= 11 is 0. The van der Waals surface area contributed by atoms with Crippen LogP contribution in [0.2, 0.25) is 0 Å². The van der Waals surface area contributed by atoms with E-state index in [1.807, 2.05) is 0 Å². The average Bonchev–Trinajstić information content (AvgIpc) is 1.88. The molecule has 0 aromatic carbocycles. The number of hydrogen-bond acceptors (Lipinski definition) is 2. The normalized spacial score (nSPS) is 17.5. The largest absolute Gasteiger partial charge is 0.465 e. The Morgan fingerprint density at radius 1 is 1.45 bits per heavy atom. The van der Waals surface area contributed by atoms with Crippen LogP contribution in [-0.4, -0.2) is 28.6 Å². The van der Waals surface area contributed by atoms with E-state index >= 15 is 0 Å². The molecule has 2 amide bonds. The molecule has 1 N–H and O–H groups in total. The van der Waals surface area contributed by atoms with Crippen molar-refractivity contribution in [3.63, 3.8) is 0 Å². The number of halogens is 1. The number of carboxylic acid groups (broad SMARTS) is 1. The molecular weight excluding hydrogens is 170 g/mol. The van der Waals surface area contributed by atoms with Crippen LogP contribution in [0.25, 0.3) is 0 Å². The number of nitrogens with zero attached hydrogens (tertiary/aromatic N) is 1. The minimum absolute atomic E-state index is 0. The van der Waals surface area contributed by atoms with Crippen molar-refractivity contribution in [1.82, 2.24) is 4.90 Å². The first-order chi connectivity index (χ1) is 4.72. The van der Waals surface area contributed by atoms with E-state index in [2.05, 4.69) is 0 Å². The highest BCUT2D eigenvalue weighted by molar-refractivity contribution is 5.91. The standard InChI is InChI=1S/C6H9NO3.ClH/c8-5-3-1-2-4-7(5)6(9)10;/h1-4H2,(H,9,10);1H. The van der Waals surface area contributed by atoms with Gasteiger partial charge < -0.3 is 5.11 Å². The maximum Gasteiger partial charge on any atom is 0.414 e. The van der Waals surface area contributed by atoms with Crippen LogP contribution >= 0.6 is 12.4 Å². The third kappa shape index (κ3) is 2.38. The number of imide groups is 1. The lowest BCUT2D eigenvalue weighted by Crippen LogP contribution is -2.39. The van der Waals surface area contributed by atoms with E-state index in [9.17, 15) is 9.59 Å². The van der Waals surface area contributed by atoms with Gasteiger partial charge >= 0.3 is 6.09 Å². The summed E-state index contributed by atoms with van der Waals surface area (Å²) in [5.74, 6) is -0.265. The van der Waals surface area contributed by atoms with Crippen LogP contribution in [0, 0.1) is 0 Å². The molecule has 0 aromatic heterocycles. The Morgan fingerprint density at radius 3 is 2.45 bits per heavy atom. The molecule has 1 rings (SSSR count). The molecule has 0 spiro atoms. The molecule has 11 heavy (non-hydrogen) atoms. The first kappa shape index (κ1) is 10.2. The molecule has 0 bridgehead atoms. The van der Waals surface area contributed by atoms with E-state index < -0.39 is 6.09 Å². The highest BCUT2D eigenvalue weighted by atomic mass is 35.5. The number of rotatable bonds is 0. The van der Waals surface area contributed by atoms with E-state index in [4.69, 9.17) is 5.11 Å². The van der Waals surface area contributed by atoms with Crippen molar-refractivity contribution >= 4 is 24.4 Å². The predicted molar refractivity (Wildman–Crippen MR) is 40.8 cm³/mol. The average molecular weight is 180 g/mol. The number of hydrogen-bond donors (Lipinski definition) is 1. The monoisotopic (exact) mass is 179 g/mol. The van der Waals surface area contributed by atoms with Crippen LogP contribution in [0.1, 0.15) is 19.3 Å². The van der Waals surface area contributed by atoms with E-state index in [0.29, 0.717) is 13.0 Å².